The first-order valence-electron chi connectivity index (χ1n) is 23.3. The summed E-state index contributed by atoms with van der Waals surface area (Å²) in [6.07, 6.45) is 47.7. The molecule has 7 nitrogen and oxygen atoms in total. The molecular weight excluding hydrogens is 699 g/mol. The molecule has 0 aromatic heterocycles. The quantitative estimate of drug-likeness (QED) is 0.0264. The van der Waals surface area contributed by atoms with E-state index in [9.17, 15) is 4.79 Å². The average molecular weight is 790 g/mol. The molecular formula is C49H91NO6. The molecule has 0 aromatic carbocycles. The van der Waals surface area contributed by atoms with E-state index in [-0.39, 0.29) is 31.8 Å². The Balaban J connectivity index is 4.12. The van der Waals surface area contributed by atoms with E-state index in [4.69, 9.17) is 23.7 Å². The van der Waals surface area contributed by atoms with Gasteiger partial charge >= 0.3 is 5.97 Å². The minimum atomic E-state index is -0.511. The highest BCUT2D eigenvalue weighted by molar-refractivity contribution is 5.69. The van der Waals surface area contributed by atoms with Gasteiger partial charge < -0.3 is 28.6 Å². The molecule has 0 radical (unpaired) electrons. The van der Waals surface area contributed by atoms with Crippen molar-refractivity contribution in [1.29, 1.82) is 0 Å². The third-order valence-electron chi connectivity index (χ3n) is 9.71. The van der Waals surface area contributed by atoms with Gasteiger partial charge in [-0.25, -0.2) is 0 Å². The maximum atomic E-state index is 12.6. The van der Waals surface area contributed by atoms with Crippen molar-refractivity contribution in [1.82, 2.24) is 4.90 Å². The third-order valence-corrected chi connectivity index (χ3v) is 9.71. The van der Waals surface area contributed by atoms with Gasteiger partial charge in [-0.05, 0) is 118 Å². The molecule has 0 aromatic rings. The van der Waals surface area contributed by atoms with Crippen molar-refractivity contribution in [2.75, 3.05) is 47.1 Å². The molecule has 7 heteroatoms. The van der Waals surface area contributed by atoms with Crippen molar-refractivity contribution in [2.24, 2.45) is 0 Å². The van der Waals surface area contributed by atoms with Crippen LogP contribution >= 0.6 is 0 Å². The minimum Gasteiger partial charge on any atom is -0.457 e. The maximum absolute atomic E-state index is 12.6. The van der Waals surface area contributed by atoms with Crippen molar-refractivity contribution < 1.29 is 28.5 Å². The van der Waals surface area contributed by atoms with Gasteiger partial charge in [-0.2, -0.15) is 0 Å². The highest BCUT2D eigenvalue weighted by atomic mass is 16.7. The number of hydrogen-bond donors (Lipinski definition) is 0. The molecule has 2 atom stereocenters. The third kappa shape index (κ3) is 43.4. The fraction of sp³-hybridized carbons (Fsp3) is 0.816. The normalized spacial score (nSPS) is 14.0. The largest absolute Gasteiger partial charge is 0.457 e. The van der Waals surface area contributed by atoms with Crippen LogP contribution in [0.15, 0.2) is 48.6 Å². The summed E-state index contributed by atoms with van der Waals surface area (Å²) in [5.74, 6) is -0.228. The standard InChI is InChI=1S/C49H91NO6/c1-7-9-11-13-15-17-19-21-23-25-27-29-31-33-35-37-42-52-46(3)54-44-48(56-49(51)40-39-41-50(5)6)45-55-47(4)53-43-38-36-34-32-30-28-26-24-22-20-18-16-14-12-10-8-2/h15-18,21-24,46-48H,7-14,19-20,25-45H2,1-6H3/b17-15-,18-16-,23-21-,24-22-. The van der Waals surface area contributed by atoms with E-state index in [1.165, 1.54) is 128 Å². The van der Waals surface area contributed by atoms with E-state index >= 15 is 0 Å². The number of nitrogens with zero attached hydrogens (tertiary/aromatic N) is 1. The lowest BCUT2D eigenvalue weighted by Crippen LogP contribution is -2.33. The Morgan fingerprint density at radius 2 is 0.857 bits per heavy atom. The molecule has 0 aliphatic rings. The molecule has 0 spiro atoms. The Bertz CT molecular complexity index is 872. The van der Waals surface area contributed by atoms with Gasteiger partial charge in [0.05, 0.1) is 13.2 Å². The zero-order chi connectivity index (χ0) is 41.0. The Kier molecular flexibility index (Phi) is 42.9. The van der Waals surface area contributed by atoms with E-state index in [1.54, 1.807) is 0 Å². The summed E-state index contributed by atoms with van der Waals surface area (Å²) in [5, 5.41) is 0. The van der Waals surface area contributed by atoms with Crippen LogP contribution in [-0.2, 0) is 28.5 Å². The number of unbranched alkanes of at least 4 members (excludes halogenated alkanes) is 18. The van der Waals surface area contributed by atoms with Gasteiger partial charge in [0.2, 0.25) is 0 Å². The summed E-state index contributed by atoms with van der Waals surface area (Å²) in [4.78, 5) is 14.7. The molecule has 0 rings (SSSR count). The van der Waals surface area contributed by atoms with Gasteiger partial charge in [-0.15, -0.1) is 0 Å². The lowest BCUT2D eigenvalue weighted by molar-refractivity contribution is -0.191. The molecule has 56 heavy (non-hydrogen) atoms. The number of allylic oxidation sites excluding steroid dienone is 8. The maximum Gasteiger partial charge on any atom is 0.306 e. The zero-order valence-electron chi connectivity index (χ0n) is 37.7. The Hall–Kier alpha value is -1.77. The summed E-state index contributed by atoms with van der Waals surface area (Å²) in [6.45, 7) is 10.9. The molecule has 0 saturated heterocycles. The molecule has 0 heterocycles. The highest BCUT2D eigenvalue weighted by Gasteiger charge is 2.19. The second kappa shape index (κ2) is 44.3. The van der Waals surface area contributed by atoms with E-state index in [0.29, 0.717) is 19.6 Å². The van der Waals surface area contributed by atoms with Gasteiger partial charge in [0.25, 0.3) is 0 Å². The van der Waals surface area contributed by atoms with Crippen molar-refractivity contribution in [3.05, 3.63) is 48.6 Å². The molecule has 0 amide bonds. The number of ether oxygens (including phenoxy) is 5. The van der Waals surface area contributed by atoms with Gasteiger partial charge in [-0.3, -0.25) is 4.79 Å². The van der Waals surface area contributed by atoms with E-state index in [2.05, 4.69) is 67.4 Å². The van der Waals surface area contributed by atoms with E-state index < -0.39 is 6.10 Å². The molecule has 2 unspecified atom stereocenters. The second-order valence-electron chi connectivity index (χ2n) is 15.7. The van der Waals surface area contributed by atoms with Crippen molar-refractivity contribution in [3.8, 4) is 0 Å². The monoisotopic (exact) mass is 790 g/mol. The number of carbonyl (C=O) groups excluding carboxylic acids is 1. The molecule has 328 valence electrons. The van der Waals surface area contributed by atoms with E-state index in [1.807, 2.05) is 27.9 Å². The summed E-state index contributed by atoms with van der Waals surface area (Å²) >= 11 is 0. The molecule has 0 saturated carbocycles. The first-order chi connectivity index (χ1) is 27.4. The number of hydrogen-bond acceptors (Lipinski definition) is 7. The van der Waals surface area contributed by atoms with Gasteiger partial charge in [0.15, 0.2) is 12.6 Å². The summed E-state index contributed by atoms with van der Waals surface area (Å²) in [7, 11) is 4.01. The molecule has 0 bridgehead atoms. The van der Waals surface area contributed by atoms with Crippen molar-refractivity contribution in [2.45, 2.75) is 213 Å². The Morgan fingerprint density at radius 1 is 0.482 bits per heavy atom. The summed E-state index contributed by atoms with van der Waals surface area (Å²) in [6, 6.07) is 0. The van der Waals surface area contributed by atoms with Crippen LogP contribution in [0.1, 0.15) is 195 Å². The van der Waals surface area contributed by atoms with Gasteiger partial charge in [0.1, 0.15) is 6.10 Å². The highest BCUT2D eigenvalue weighted by Crippen LogP contribution is 2.12. The number of carbonyl (C=O) groups is 1. The first kappa shape index (κ1) is 54.2. The van der Waals surface area contributed by atoms with Gasteiger partial charge in [-0.1, -0.05) is 140 Å². The summed E-state index contributed by atoms with van der Waals surface area (Å²) in [5.41, 5.74) is 0. The molecule has 0 aliphatic heterocycles. The predicted octanol–water partition coefficient (Wildman–Crippen LogP) is 13.6. The molecule has 0 fully saturated rings. The van der Waals surface area contributed by atoms with Crippen LogP contribution in [0.4, 0.5) is 0 Å². The van der Waals surface area contributed by atoms with Crippen LogP contribution in [0.2, 0.25) is 0 Å². The SMILES string of the molecule is CCCCC/C=C\C/C=C\CCCCCCCCOC(C)OCC(COC(C)OCCCCCCCC/C=C\C/C=C\CCCCC)OC(=O)CCCN(C)C. The van der Waals surface area contributed by atoms with Crippen LogP contribution in [0.25, 0.3) is 0 Å². The molecule has 0 aliphatic carbocycles. The lowest BCUT2D eigenvalue weighted by atomic mass is 10.1. The fourth-order valence-electron chi connectivity index (χ4n) is 6.16. The van der Waals surface area contributed by atoms with Crippen molar-refractivity contribution >= 4 is 5.97 Å². The molecule has 0 N–H and O–H groups in total. The predicted molar refractivity (Wildman–Crippen MR) is 239 cm³/mol. The van der Waals surface area contributed by atoms with Crippen LogP contribution in [-0.4, -0.2) is 76.6 Å². The number of esters is 1. The second-order valence-corrected chi connectivity index (χ2v) is 15.7. The lowest BCUT2D eigenvalue weighted by Gasteiger charge is -2.23. The van der Waals surface area contributed by atoms with Gasteiger partial charge in [0, 0.05) is 19.6 Å². The Morgan fingerprint density at radius 3 is 1.25 bits per heavy atom. The summed E-state index contributed by atoms with van der Waals surface area (Å²) < 4.78 is 29.5. The number of rotatable bonds is 43. The Labute approximate surface area is 347 Å². The van der Waals surface area contributed by atoms with Crippen molar-refractivity contribution in [3.63, 3.8) is 0 Å². The first-order valence-corrected chi connectivity index (χ1v) is 23.3. The van der Waals surface area contributed by atoms with Crippen LogP contribution < -0.4 is 0 Å². The topological polar surface area (TPSA) is 66.5 Å². The van der Waals surface area contributed by atoms with Crippen LogP contribution in [0, 0.1) is 0 Å². The average Bonchev–Trinajstić information content (AvgIpc) is 3.18. The smallest absolute Gasteiger partial charge is 0.306 e. The van der Waals surface area contributed by atoms with Crippen LogP contribution in [0.3, 0.4) is 0 Å². The van der Waals surface area contributed by atoms with E-state index in [0.717, 1.165) is 38.6 Å². The minimum absolute atomic E-state index is 0.225. The fourth-order valence-corrected chi connectivity index (χ4v) is 6.16. The zero-order valence-corrected chi connectivity index (χ0v) is 37.7. The van der Waals surface area contributed by atoms with Crippen LogP contribution in [0.5, 0.6) is 0 Å².